The number of carbonyl (C=O) groups excluding carboxylic acids is 2. The summed E-state index contributed by atoms with van der Waals surface area (Å²) < 4.78 is 13.3. The van der Waals surface area contributed by atoms with E-state index in [1.54, 1.807) is 35.4 Å². The molecule has 142 valence electrons. The zero-order chi connectivity index (χ0) is 19.5. The molecule has 0 spiro atoms. The minimum Gasteiger partial charge on any atom is -0.312 e. The van der Waals surface area contributed by atoms with Crippen molar-refractivity contribution in [2.45, 2.75) is 19.3 Å². The van der Waals surface area contributed by atoms with E-state index >= 15 is 0 Å². The van der Waals surface area contributed by atoms with Gasteiger partial charge in [0.25, 0.3) is 5.91 Å². The number of aromatic nitrogens is 1. The SMILES string of the molecule is O=C(Nc1ncc(Cc2cccc(F)c2)s1)c1cccc(N2CCCC2=O)c1. The molecule has 0 unspecified atom stereocenters. The number of anilines is 2. The molecule has 1 fully saturated rings. The number of benzene rings is 2. The summed E-state index contributed by atoms with van der Waals surface area (Å²) in [6.07, 6.45) is 3.62. The molecule has 28 heavy (non-hydrogen) atoms. The Balaban J connectivity index is 1.44. The second-order valence-electron chi connectivity index (χ2n) is 6.59. The van der Waals surface area contributed by atoms with E-state index in [-0.39, 0.29) is 17.6 Å². The lowest BCUT2D eigenvalue weighted by molar-refractivity contribution is -0.117. The van der Waals surface area contributed by atoms with E-state index in [2.05, 4.69) is 10.3 Å². The van der Waals surface area contributed by atoms with Crippen molar-refractivity contribution in [2.24, 2.45) is 0 Å². The van der Waals surface area contributed by atoms with Crippen LogP contribution in [0.25, 0.3) is 0 Å². The molecule has 1 aliphatic heterocycles. The molecule has 0 aliphatic carbocycles. The second kappa shape index (κ2) is 7.90. The number of nitrogens with zero attached hydrogens (tertiary/aromatic N) is 2. The summed E-state index contributed by atoms with van der Waals surface area (Å²) in [7, 11) is 0. The quantitative estimate of drug-likeness (QED) is 0.702. The Labute approximate surface area is 165 Å². The lowest BCUT2D eigenvalue weighted by Crippen LogP contribution is -2.24. The molecule has 5 nitrogen and oxygen atoms in total. The standard InChI is InChI=1S/C21H18FN3O2S/c22-16-6-1-4-14(10-16)11-18-13-23-21(28-18)24-20(27)15-5-2-7-17(12-15)25-9-3-8-19(25)26/h1-2,4-7,10,12-13H,3,8-9,11H2,(H,23,24,27). The Morgan fingerprint density at radius 1 is 1.21 bits per heavy atom. The van der Waals surface area contributed by atoms with Crippen molar-refractivity contribution >= 4 is 34.0 Å². The van der Waals surface area contributed by atoms with Gasteiger partial charge < -0.3 is 4.90 Å². The summed E-state index contributed by atoms with van der Waals surface area (Å²) >= 11 is 1.36. The third-order valence-corrected chi connectivity index (χ3v) is 5.45. The Morgan fingerprint density at radius 3 is 2.86 bits per heavy atom. The van der Waals surface area contributed by atoms with Crippen LogP contribution in [-0.2, 0) is 11.2 Å². The van der Waals surface area contributed by atoms with Gasteiger partial charge in [-0.3, -0.25) is 14.9 Å². The number of halogens is 1. The number of thiazole rings is 1. The summed E-state index contributed by atoms with van der Waals surface area (Å²) in [6, 6.07) is 13.5. The highest BCUT2D eigenvalue weighted by molar-refractivity contribution is 7.15. The molecule has 3 aromatic rings. The third-order valence-electron chi connectivity index (χ3n) is 4.53. The van der Waals surface area contributed by atoms with Gasteiger partial charge in [0.2, 0.25) is 5.91 Å². The molecule has 0 atom stereocenters. The van der Waals surface area contributed by atoms with Gasteiger partial charge in [-0.25, -0.2) is 9.37 Å². The fourth-order valence-corrected chi connectivity index (χ4v) is 4.04. The number of amides is 2. The van der Waals surface area contributed by atoms with Gasteiger partial charge in [0, 0.05) is 41.7 Å². The van der Waals surface area contributed by atoms with Gasteiger partial charge in [0.15, 0.2) is 5.13 Å². The van der Waals surface area contributed by atoms with Gasteiger partial charge in [-0.05, 0) is 42.3 Å². The molecule has 1 aromatic heterocycles. The molecule has 0 bridgehead atoms. The predicted octanol–water partition coefficient (Wildman–Crippen LogP) is 4.25. The normalized spacial score (nSPS) is 13.8. The molecular formula is C21H18FN3O2S. The van der Waals surface area contributed by atoms with Crippen molar-refractivity contribution in [2.75, 3.05) is 16.8 Å². The number of hydrogen-bond donors (Lipinski definition) is 1. The summed E-state index contributed by atoms with van der Waals surface area (Å²) in [4.78, 5) is 31.4. The molecule has 1 saturated heterocycles. The molecule has 1 N–H and O–H groups in total. The second-order valence-corrected chi connectivity index (χ2v) is 7.71. The molecule has 2 aromatic carbocycles. The van der Waals surface area contributed by atoms with Crippen molar-refractivity contribution in [3.05, 3.63) is 76.5 Å². The first-order valence-corrected chi connectivity index (χ1v) is 9.81. The van der Waals surface area contributed by atoms with Crippen LogP contribution in [0.3, 0.4) is 0 Å². The molecule has 0 saturated carbocycles. The lowest BCUT2D eigenvalue weighted by Gasteiger charge is -2.16. The van der Waals surface area contributed by atoms with Crippen LogP contribution in [0.2, 0.25) is 0 Å². The van der Waals surface area contributed by atoms with E-state index in [4.69, 9.17) is 0 Å². The van der Waals surface area contributed by atoms with E-state index < -0.39 is 0 Å². The molecular weight excluding hydrogens is 377 g/mol. The zero-order valence-electron chi connectivity index (χ0n) is 15.0. The first-order chi connectivity index (χ1) is 13.6. The highest BCUT2D eigenvalue weighted by atomic mass is 32.1. The minimum absolute atomic E-state index is 0.0828. The molecule has 2 heterocycles. The summed E-state index contributed by atoms with van der Waals surface area (Å²) in [6.45, 7) is 0.680. The van der Waals surface area contributed by atoms with Crippen molar-refractivity contribution in [1.29, 1.82) is 0 Å². The number of nitrogens with one attached hydrogen (secondary N) is 1. The average molecular weight is 395 g/mol. The smallest absolute Gasteiger partial charge is 0.257 e. The van der Waals surface area contributed by atoms with Crippen LogP contribution in [0.15, 0.2) is 54.7 Å². The predicted molar refractivity (Wildman–Crippen MR) is 107 cm³/mol. The van der Waals surface area contributed by atoms with Gasteiger partial charge in [-0.1, -0.05) is 18.2 Å². The number of hydrogen-bond acceptors (Lipinski definition) is 4. The zero-order valence-corrected chi connectivity index (χ0v) is 15.8. The Hall–Kier alpha value is -3.06. The van der Waals surface area contributed by atoms with Crippen molar-refractivity contribution in [1.82, 2.24) is 4.98 Å². The van der Waals surface area contributed by atoms with E-state index in [1.807, 2.05) is 12.1 Å². The first kappa shape index (κ1) is 18.3. The summed E-state index contributed by atoms with van der Waals surface area (Å²) in [5, 5.41) is 3.28. The van der Waals surface area contributed by atoms with Gasteiger partial charge in [-0.2, -0.15) is 0 Å². The van der Waals surface area contributed by atoms with Crippen LogP contribution >= 0.6 is 11.3 Å². The van der Waals surface area contributed by atoms with E-state index in [9.17, 15) is 14.0 Å². The molecule has 4 rings (SSSR count). The van der Waals surface area contributed by atoms with E-state index in [1.165, 1.54) is 23.5 Å². The van der Waals surface area contributed by atoms with Gasteiger partial charge in [-0.15, -0.1) is 11.3 Å². The van der Waals surface area contributed by atoms with Crippen LogP contribution in [0.4, 0.5) is 15.2 Å². The van der Waals surface area contributed by atoms with E-state index in [0.717, 1.165) is 22.5 Å². The fourth-order valence-electron chi connectivity index (χ4n) is 3.20. The van der Waals surface area contributed by atoms with Gasteiger partial charge >= 0.3 is 0 Å². The van der Waals surface area contributed by atoms with Crippen LogP contribution in [-0.4, -0.2) is 23.3 Å². The minimum atomic E-state index is -0.278. The number of carbonyl (C=O) groups is 2. The Bertz CT molecular complexity index is 1030. The van der Waals surface area contributed by atoms with Crippen LogP contribution in [0, 0.1) is 5.82 Å². The maximum Gasteiger partial charge on any atom is 0.257 e. The van der Waals surface area contributed by atoms with Crippen molar-refractivity contribution in [3.63, 3.8) is 0 Å². The number of rotatable bonds is 5. The van der Waals surface area contributed by atoms with Gasteiger partial charge in [0.05, 0.1) is 0 Å². The molecule has 7 heteroatoms. The Kier molecular flexibility index (Phi) is 5.16. The monoisotopic (exact) mass is 395 g/mol. The van der Waals surface area contributed by atoms with Crippen LogP contribution in [0.1, 0.15) is 33.6 Å². The van der Waals surface area contributed by atoms with Crippen LogP contribution < -0.4 is 10.2 Å². The average Bonchev–Trinajstić information content (AvgIpc) is 3.30. The maximum absolute atomic E-state index is 13.3. The molecule has 1 aliphatic rings. The van der Waals surface area contributed by atoms with Crippen LogP contribution in [0.5, 0.6) is 0 Å². The fraction of sp³-hybridized carbons (Fsp3) is 0.190. The summed E-state index contributed by atoms with van der Waals surface area (Å²) in [5.74, 6) is -0.466. The summed E-state index contributed by atoms with van der Waals surface area (Å²) in [5.41, 5.74) is 2.06. The Morgan fingerprint density at radius 2 is 2.07 bits per heavy atom. The largest absolute Gasteiger partial charge is 0.312 e. The van der Waals surface area contributed by atoms with E-state index in [0.29, 0.717) is 30.1 Å². The topological polar surface area (TPSA) is 62.3 Å². The highest BCUT2D eigenvalue weighted by Crippen LogP contribution is 2.24. The van der Waals surface area contributed by atoms with Gasteiger partial charge in [0.1, 0.15) is 5.82 Å². The molecule has 2 amide bonds. The highest BCUT2D eigenvalue weighted by Gasteiger charge is 2.22. The first-order valence-electron chi connectivity index (χ1n) is 8.99. The molecule has 0 radical (unpaired) electrons. The van der Waals surface area contributed by atoms with Crippen molar-refractivity contribution in [3.8, 4) is 0 Å². The maximum atomic E-state index is 13.3. The third kappa shape index (κ3) is 4.09. The lowest BCUT2D eigenvalue weighted by atomic mass is 10.1. The van der Waals surface area contributed by atoms with Crippen molar-refractivity contribution < 1.29 is 14.0 Å².